The maximum atomic E-state index is 12.4. The van der Waals surface area contributed by atoms with Gasteiger partial charge in [0, 0.05) is 24.1 Å². The molecule has 146 valence electrons. The number of nitrogens with zero attached hydrogens (tertiary/aromatic N) is 3. The number of benzene rings is 1. The highest BCUT2D eigenvalue weighted by atomic mass is 16.6. The predicted molar refractivity (Wildman–Crippen MR) is 101 cm³/mol. The van der Waals surface area contributed by atoms with E-state index in [1.807, 2.05) is 34.6 Å². The lowest BCUT2D eigenvalue weighted by molar-refractivity contribution is -0.384. The van der Waals surface area contributed by atoms with Crippen LogP contribution in [-0.4, -0.2) is 21.0 Å². The van der Waals surface area contributed by atoms with Crippen LogP contribution in [0.1, 0.15) is 59.4 Å². The molecular formula is C19H26N4O4. The van der Waals surface area contributed by atoms with Gasteiger partial charge in [-0.05, 0) is 11.3 Å². The minimum atomic E-state index is -0.473. The molecule has 2 aromatic rings. The second kappa shape index (κ2) is 8.28. The first kappa shape index (κ1) is 20.5. The van der Waals surface area contributed by atoms with E-state index in [4.69, 9.17) is 4.52 Å². The minimum absolute atomic E-state index is 0.0455. The number of non-ortho nitro benzene ring substituents is 1. The molecule has 1 heterocycles. The lowest BCUT2D eigenvalue weighted by Crippen LogP contribution is -2.34. The van der Waals surface area contributed by atoms with Gasteiger partial charge in [-0.15, -0.1) is 0 Å². The van der Waals surface area contributed by atoms with Crippen LogP contribution < -0.4 is 5.32 Å². The van der Waals surface area contributed by atoms with Gasteiger partial charge in [0.1, 0.15) is 6.04 Å². The summed E-state index contributed by atoms with van der Waals surface area (Å²) < 4.78 is 5.39. The van der Waals surface area contributed by atoms with Gasteiger partial charge >= 0.3 is 0 Å². The second-order valence-corrected chi connectivity index (χ2v) is 7.93. The first-order valence-electron chi connectivity index (χ1n) is 8.98. The van der Waals surface area contributed by atoms with Crippen molar-refractivity contribution in [2.45, 2.75) is 53.5 Å². The molecule has 1 aromatic carbocycles. The molecule has 0 aliphatic carbocycles. The van der Waals surface area contributed by atoms with Crippen LogP contribution >= 0.6 is 0 Å². The van der Waals surface area contributed by atoms with Gasteiger partial charge in [-0.3, -0.25) is 14.9 Å². The first-order chi connectivity index (χ1) is 12.6. The van der Waals surface area contributed by atoms with Crippen LogP contribution in [0.25, 0.3) is 11.4 Å². The van der Waals surface area contributed by atoms with E-state index in [2.05, 4.69) is 15.5 Å². The number of carbonyl (C=O) groups excluding carboxylic acids is 1. The molecule has 2 atom stereocenters. The highest BCUT2D eigenvalue weighted by Crippen LogP contribution is 2.28. The van der Waals surface area contributed by atoms with Gasteiger partial charge in [-0.1, -0.05) is 58.3 Å². The summed E-state index contributed by atoms with van der Waals surface area (Å²) in [7, 11) is 0. The molecule has 0 fully saturated rings. The average Bonchev–Trinajstić information content (AvgIpc) is 3.07. The summed E-state index contributed by atoms with van der Waals surface area (Å²) in [5.74, 6) is 0.565. The van der Waals surface area contributed by atoms with E-state index in [0.29, 0.717) is 17.9 Å². The Morgan fingerprint density at radius 3 is 2.67 bits per heavy atom. The number of hydrogen-bond donors (Lipinski definition) is 1. The fourth-order valence-corrected chi connectivity index (χ4v) is 2.63. The number of carbonyl (C=O) groups is 1. The smallest absolute Gasteiger partial charge is 0.270 e. The molecule has 0 bridgehead atoms. The SMILES string of the molecule is CCC(C)C(NC(=O)CC(C)(C)C)c1nc(-c2cccc([N+](=O)[O-])c2)no1. The van der Waals surface area contributed by atoms with Crippen molar-refractivity contribution in [3.63, 3.8) is 0 Å². The van der Waals surface area contributed by atoms with E-state index < -0.39 is 11.0 Å². The van der Waals surface area contributed by atoms with E-state index in [1.54, 1.807) is 12.1 Å². The second-order valence-electron chi connectivity index (χ2n) is 7.93. The lowest BCUT2D eigenvalue weighted by atomic mass is 9.91. The number of hydrogen-bond acceptors (Lipinski definition) is 6. The molecule has 2 unspecified atom stereocenters. The standard InChI is InChI=1S/C19H26N4O4/c1-6-12(2)16(20-15(24)11-19(3,4)5)18-21-17(22-27-18)13-8-7-9-14(10-13)23(25)26/h7-10,12,16H,6,11H2,1-5H3,(H,20,24). The largest absolute Gasteiger partial charge is 0.344 e. The molecule has 27 heavy (non-hydrogen) atoms. The van der Waals surface area contributed by atoms with E-state index in [9.17, 15) is 14.9 Å². The molecule has 8 nitrogen and oxygen atoms in total. The quantitative estimate of drug-likeness (QED) is 0.572. The molecule has 8 heteroatoms. The van der Waals surface area contributed by atoms with Gasteiger partial charge < -0.3 is 9.84 Å². The minimum Gasteiger partial charge on any atom is -0.344 e. The Bertz CT molecular complexity index is 810. The van der Waals surface area contributed by atoms with Crippen LogP contribution in [0.15, 0.2) is 28.8 Å². The molecule has 0 saturated heterocycles. The third-order valence-electron chi connectivity index (χ3n) is 4.24. The van der Waals surface area contributed by atoms with Crippen molar-refractivity contribution in [1.29, 1.82) is 0 Å². The Morgan fingerprint density at radius 2 is 2.07 bits per heavy atom. The number of amides is 1. The zero-order chi connectivity index (χ0) is 20.2. The molecule has 1 amide bonds. The van der Waals surface area contributed by atoms with Crippen molar-refractivity contribution in [2.24, 2.45) is 11.3 Å². The van der Waals surface area contributed by atoms with Crippen LogP contribution in [0, 0.1) is 21.4 Å². The molecule has 1 aromatic heterocycles. The Labute approximate surface area is 158 Å². The lowest BCUT2D eigenvalue weighted by Gasteiger charge is -2.23. The summed E-state index contributed by atoms with van der Waals surface area (Å²) in [6, 6.07) is 5.63. The Balaban J connectivity index is 2.27. The van der Waals surface area contributed by atoms with Crippen LogP contribution in [0.5, 0.6) is 0 Å². The molecule has 0 aliphatic rings. The van der Waals surface area contributed by atoms with Crippen molar-refractivity contribution in [1.82, 2.24) is 15.5 Å². The first-order valence-corrected chi connectivity index (χ1v) is 8.98. The third kappa shape index (κ3) is 5.60. The van der Waals surface area contributed by atoms with E-state index in [1.165, 1.54) is 12.1 Å². The van der Waals surface area contributed by atoms with Crippen molar-refractivity contribution in [3.8, 4) is 11.4 Å². The van der Waals surface area contributed by atoms with Gasteiger partial charge in [0.25, 0.3) is 5.69 Å². The number of aromatic nitrogens is 2. The predicted octanol–water partition coefficient (Wildman–Crippen LogP) is 4.28. The molecule has 1 N–H and O–H groups in total. The number of nitrogens with one attached hydrogen (secondary N) is 1. The zero-order valence-corrected chi connectivity index (χ0v) is 16.4. The zero-order valence-electron chi connectivity index (χ0n) is 16.4. The van der Waals surface area contributed by atoms with E-state index >= 15 is 0 Å². The molecule has 0 spiro atoms. The molecule has 0 radical (unpaired) electrons. The molecule has 0 saturated carbocycles. The van der Waals surface area contributed by atoms with E-state index in [-0.39, 0.29) is 28.8 Å². The van der Waals surface area contributed by atoms with Gasteiger partial charge in [-0.2, -0.15) is 4.98 Å². The van der Waals surface area contributed by atoms with Gasteiger partial charge in [-0.25, -0.2) is 0 Å². The Morgan fingerprint density at radius 1 is 1.37 bits per heavy atom. The van der Waals surface area contributed by atoms with Crippen LogP contribution in [0.3, 0.4) is 0 Å². The fraction of sp³-hybridized carbons (Fsp3) is 0.526. The number of nitro groups is 1. The average molecular weight is 374 g/mol. The van der Waals surface area contributed by atoms with Crippen molar-refractivity contribution in [2.75, 3.05) is 0 Å². The summed E-state index contributed by atoms with van der Waals surface area (Å²) in [5.41, 5.74) is 0.312. The molecule has 2 rings (SSSR count). The molecular weight excluding hydrogens is 348 g/mol. The van der Waals surface area contributed by atoms with Crippen LogP contribution in [-0.2, 0) is 4.79 Å². The van der Waals surface area contributed by atoms with Gasteiger partial charge in [0.05, 0.1) is 4.92 Å². The highest BCUT2D eigenvalue weighted by molar-refractivity contribution is 5.77. The Hall–Kier alpha value is -2.77. The van der Waals surface area contributed by atoms with Crippen molar-refractivity contribution in [3.05, 3.63) is 40.3 Å². The summed E-state index contributed by atoms with van der Waals surface area (Å²) in [6.07, 6.45) is 1.20. The number of rotatable bonds is 7. The maximum absolute atomic E-state index is 12.4. The normalized spacial score (nSPS) is 13.8. The molecule has 0 aliphatic heterocycles. The fourth-order valence-electron chi connectivity index (χ4n) is 2.63. The van der Waals surface area contributed by atoms with Crippen LogP contribution in [0.4, 0.5) is 5.69 Å². The summed E-state index contributed by atoms with van der Waals surface area (Å²) in [4.78, 5) is 27.3. The van der Waals surface area contributed by atoms with Gasteiger partial charge in [0.2, 0.25) is 17.6 Å². The van der Waals surface area contributed by atoms with E-state index in [0.717, 1.165) is 6.42 Å². The Kier molecular flexibility index (Phi) is 6.30. The van der Waals surface area contributed by atoms with Crippen molar-refractivity contribution < 1.29 is 14.2 Å². The monoisotopic (exact) mass is 374 g/mol. The summed E-state index contributed by atoms with van der Waals surface area (Å²) in [5, 5.41) is 17.9. The topological polar surface area (TPSA) is 111 Å². The van der Waals surface area contributed by atoms with Crippen LogP contribution in [0.2, 0.25) is 0 Å². The maximum Gasteiger partial charge on any atom is 0.270 e. The highest BCUT2D eigenvalue weighted by Gasteiger charge is 2.28. The summed E-state index contributed by atoms with van der Waals surface area (Å²) in [6.45, 7) is 10.0. The van der Waals surface area contributed by atoms with Gasteiger partial charge in [0.15, 0.2) is 0 Å². The summed E-state index contributed by atoms with van der Waals surface area (Å²) >= 11 is 0. The van der Waals surface area contributed by atoms with Crippen molar-refractivity contribution >= 4 is 11.6 Å². The third-order valence-corrected chi connectivity index (χ3v) is 4.24. The number of nitro benzene ring substituents is 1.